The van der Waals surface area contributed by atoms with Crippen LogP contribution in [0.15, 0.2) is 36.9 Å². The van der Waals surface area contributed by atoms with E-state index in [-0.39, 0.29) is 6.61 Å². The summed E-state index contributed by atoms with van der Waals surface area (Å²) in [5.41, 5.74) is 0.432. The molecule has 4 heteroatoms. The number of benzene rings is 1. The van der Waals surface area contributed by atoms with E-state index in [0.717, 1.165) is 6.08 Å². The first-order valence-corrected chi connectivity index (χ1v) is 4.57. The zero-order chi connectivity index (χ0) is 12.0. The van der Waals surface area contributed by atoms with Gasteiger partial charge in [-0.15, -0.1) is 0 Å². The molecule has 1 aromatic carbocycles. The van der Waals surface area contributed by atoms with Crippen molar-refractivity contribution in [2.45, 2.75) is 0 Å². The van der Waals surface area contributed by atoms with E-state index in [1.165, 1.54) is 24.3 Å². The van der Waals surface area contributed by atoms with Crippen molar-refractivity contribution < 1.29 is 19.0 Å². The van der Waals surface area contributed by atoms with Crippen molar-refractivity contribution >= 4 is 12.0 Å². The highest BCUT2D eigenvalue weighted by Gasteiger charge is 1.99. The molecule has 0 aliphatic carbocycles. The van der Waals surface area contributed by atoms with E-state index >= 15 is 0 Å². The van der Waals surface area contributed by atoms with Gasteiger partial charge in [-0.3, -0.25) is 0 Å². The topological polar surface area (TPSA) is 46.5 Å². The Balaban J connectivity index is 2.89. The van der Waals surface area contributed by atoms with Gasteiger partial charge < -0.3 is 9.84 Å². The maximum Gasteiger partial charge on any atom is 0.328 e. The van der Waals surface area contributed by atoms with Crippen LogP contribution in [0.5, 0.6) is 5.75 Å². The Hall–Kier alpha value is -2.10. The Labute approximate surface area is 92.5 Å². The molecule has 1 rings (SSSR count). The fourth-order valence-corrected chi connectivity index (χ4v) is 1.09. The first-order valence-electron chi connectivity index (χ1n) is 4.57. The summed E-state index contributed by atoms with van der Waals surface area (Å²) in [5.74, 6) is -1.23. The maximum absolute atomic E-state index is 13.1. The minimum atomic E-state index is -1.09. The molecule has 0 radical (unpaired) electrons. The van der Waals surface area contributed by atoms with Crippen molar-refractivity contribution in [3.05, 3.63) is 48.3 Å². The number of hydrogen-bond donors (Lipinski definition) is 1. The fraction of sp³-hybridized carbons (Fsp3) is 0.0833. The Morgan fingerprint density at radius 2 is 2.25 bits per heavy atom. The monoisotopic (exact) mass is 222 g/mol. The molecule has 3 nitrogen and oxygen atoms in total. The molecule has 84 valence electrons. The molecule has 0 amide bonds. The highest BCUT2D eigenvalue weighted by molar-refractivity contribution is 5.85. The third-order valence-electron chi connectivity index (χ3n) is 1.68. The Morgan fingerprint density at radius 1 is 1.50 bits per heavy atom. The van der Waals surface area contributed by atoms with E-state index in [0.29, 0.717) is 11.3 Å². The number of carboxylic acid groups (broad SMARTS) is 1. The van der Waals surface area contributed by atoms with Gasteiger partial charge >= 0.3 is 5.97 Å². The van der Waals surface area contributed by atoms with Crippen LogP contribution in [0.3, 0.4) is 0 Å². The van der Waals surface area contributed by atoms with E-state index in [1.807, 2.05) is 0 Å². The molecule has 0 unspecified atom stereocenters. The summed E-state index contributed by atoms with van der Waals surface area (Å²) in [6.07, 6.45) is 3.77. The van der Waals surface area contributed by atoms with Crippen LogP contribution in [-0.4, -0.2) is 17.7 Å². The van der Waals surface area contributed by atoms with E-state index in [2.05, 4.69) is 6.58 Å². The minimum Gasteiger partial charge on any atom is -0.489 e. The second-order valence-corrected chi connectivity index (χ2v) is 2.99. The van der Waals surface area contributed by atoms with Crippen LogP contribution in [0.4, 0.5) is 4.39 Å². The van der Waals surface area contributed by atoms with Gasteiger partial charge in [-0.25, -0.2) is 9.18 Å². The number of halogens is 1. The lowest BCUT2D eigenvalue weighted by atomic mass is 10.2. The zero-order valence-electron chi connectivity index (χ0n) is 8.52. The van der Waals surface area contributed by atoms with Crippen LogP contribution in [-0.2, 0) is 4.79 Å². The third-order valence-corrected chi connectivity index (χ3v) is 1.68. The van der Waals surface area contributed by atoms with E-state index in [9.17, 15) is 9.18 Å². The number of rotatable bonds is 5. The molecule has 0 bridgehead atoms. The summed E-state index contributed by atoms with van der Waals surface area (Å²) >= 11 is 0. The van der Waals surface area contributed by atoms with Gasteiger partial charge in [0, 0.05) is 12.1 Å². The number of carboxylic acids is 1. The molecule has 1 N–H and O–H groups in total. The second-order valence-electron chi connectivity index (χ2n) is 2.99. The number of ether oxygens (including phenoxy) is 1. The van der Waals surface area contributed by atoms with Crippen molar-refractivity contribution in [1.29, 1.82) is 0 Å². The highest BCUT2D eigenvalue weighted by Crippen LogP contribution is 2.17. The van der Waals surface area contributed by atoms with Gasteiger partial charge in [-0.1, -0.05) is 12.7 Å². The lowest BCUT2D eigenvalue weighted by Gasteiger charge is -2.04. The summed E-state index contributed by atoms with van der Waals surface area (Å²) in [5, 5.41) is 8.43. The third kappa shape index (κ3) is 3.96. The van der Waals surface area contributed by atoms with Crippen molar-refractivity contribution in [2.24, 2.45) is 0 Å². The molecule has 0 fully saturated rings. The summed E-state index contributed by atoms with van der Waals surface area (Å²) in [6, 6.07) is 3.99. The molecule has 0 aliphatic heterocycles. The second kappa shape index (κ2) is 5.70. The predicted molar refractivity (Wildman–Crippen MR) is 58.8 cm³/mol. The average Bonchev–Trinajstić information content (AvgIpc) is 2.23. The van der Waals surface area contributed by atoms with Crippen molar-refractivity contribution in [2.75, 3.05) is 6.61 Å². The normalized spacial score (nSPS) is 10.3. The maximum atomic E-state index is 13.1. The summed E-state index contributed by atoms with van der Waals surface area (Å²) in [4.78, 5) is 10.3. The summed E-state index contributed by atoms with van der Waals surface area (Å²) in [6.45, 7) is 3.74. The van der Waals surface area contributed by atoms with E-state index in [1.54, 1.807) is 6.07 Å². The lowest BCUT2D eigenvalue weighted by molar-refractivity contribution is -0.131. The summed E-state index contributed by atoms with van der Waals surface area (Å²) in [7, 11) is 0. The molecule has 0 saturated carbocycles. The smallest absolute Gasteiger partial charge is 0.328 e. The van der Waals surface area contributed by atoms with Crippen LogP contribution in [0.25, 0.3) is 6.08 Å². The molecule has 0 aromatic heterocycles. The molecule has 0 heterocycles. The average molecular weight is 222 g/mol. The van der Waals surface area contributed by atoms with Gasteiger partial charge in [0.05, 0.1) is 0 Å². The Bertz CT molecular complexity index is 424. The molecule has 0 aliphatic rings. The van der Waals surface area contributed by atoms with Gasteiger partial charge in [0.15, 0.2) is 0 Å². The molecule has 1 aromatic rings. The van der Waals surface area contributed by atoms with E-state index in [4.69, 9.17) is 9.84 Å². The van der Waals surface area contributed by atoms with Crippen LogP contribution in [0.2, 0.25) is 0 Å². The minimum absolute atomic E-state index is 0.269. The van der Waals surface area contributed by atoms with Crippen LogP contribution in [0, 0.1) is 5.82 Å². The highest BCUT2D eigenvalue weighted by atomic mass is 19.1. The van der Waals surface area contributed by atoms with Crippen molar-refractivity contribution in [3.63, 3.8) is 0 Å². The number of carbonyl (C=O) groups is 1. The molecular formula is C12H11FO3. The largest absolute Gasteiger partial charge is 0.489 e. The first kappa shape index (κ1) is 12.0. The standard InChI is InChI=1S/C12H11FO3/c1-2-5-16-11-7-9(3-4-12(14)15)6-10(13)8-11/h2-4,6-8H,1,5H2,(H,14,15)/b4-3+. The molecule has 0 atom stereocenters. The SMILES string of the molecule is C=CCOc1cc(F)cc(/C=C/C(=O)O)c1. The van der Waals surface area contributed by atoms with Crippen LogP contribution < -0.4 is 4.74 Å². The lowest BCUT2D eigenvalue weighted by Crippen LogP contribution is -1.94. The zero-order valence-corrected chi connectivity index (χ0v) is 8.52. The van der Waals surface area contributed by atoms with E-state index < -0.39 is 11.8 Å². The van der Waals surface area contributed by atoms with Gasteiger partial charge in [0.1, 0.15) is 18.2 Å². The fourth-order valence-electron chi connectivity index (χ4n) is 1.09. The molecule has 16 heavy (non-hydrogen) atoms. The number of aliphatic carboxylic acids is 1. The van der Waals surface area contributed by atoms with Crippen LogP contribution >= 0.6 is 0 Å². The number of hydrogen-bond acceptors (Lipinski definition) is 2. The molecule has 0 spiro atoms. The molecule has 0 saturated heterocycles. The molecular weight excluding hydrogens is 211 g/mol. The predicted octanol–water partition coefficient (Wildman–Crippen LogP) is 2.49. The van der Waals surface area contributed by atoms with Gasteiger partial charge in [0.25, 0.3) is 0 Å². The summed E-state index contributed by atoms with van der Waals surface area (Å²) < 4.78 is 18.2. The van der Waals surface area contributed by atoms with Gasteiger partial charge in [0.2, 0.25) is 0 Å². The quantitative estimate of drug-likeness (QED) is 0.615. The Kier molecular flexibility index (Phi) is 4.27. The van der Waals surface area contributed by atoms with Gasteiger partial charge in [-0.2, -0.15) is 0 Å². The van der Waals surface area contributed by atoms with Crippen LogP contribution in [0.1, 0.15) is 5.56 Å². The first-order chi connectivity index (χ1) is 7.61. The van der Waals surface area contributed by atoms with Crippen molar-refractivity contribution in [3.8, 4) is 5.75 Å². The van der Waals surface area contributed by atoms with Crippen molar-refractivity contribution in [1.82, 2.24) is 0 Å². The van der Waals surface area contributed by atoms with Gasteiger partial charge in [-0.05, 0) is 23.8 Å². The Morgan fingerprint density at radius 3 is 2.88 bits per heavy atom.